The summed E-state index contributed by atoms with van der Waals surface area (Å²) in [5, 5.41) is 14.8. The highest BCUT2D eigenvalue weighted by molar-refractivity contribution is 5.89. The van der Waals surface area contributed by atoms with Crippen molar-refractivity contribution in [3.8, 4) is 0 Å². The molecule has 1 aromatic heterocycles. The van der Waals surface area contributed by atoms with Crippen molar-refractivity contribution in [2.24, 2.45) is 13.0 Å². The number of aliphatic hydroxyl groups excluding tert-OH is 1. The molecule has 0 aromatic carbocycles. The molecule has 1 fully saturated rings. The summed E-state index contributed by atoms with van der Waals surface area (Å²) in [5.74, 6) is 0.105. The Labute approximate surface area is 117 Å². The molecule has 2 unspecified atom stereocenters. The molecule has 0 spiro atoms. The lowest BCUT2D eigenvalue weighted by molar-refractivity contribution is 0.156. The summed E-state index contributed by atoms with van der Waals surface area (Å²) in [4.78, 5) is 23.8. The second-order valence-corrected chi connectivity index (χ2v) is 5.27. The normalized spacial score (nSPS) is 22.3. The minimum absolute atomic E-state index is 0.0266. The van der Waals surface area contributed by atoms with Crippen LogP contribution in [0.3, 0.4) is 0 Å². The third-order valence-corrected chi connectivity index (χ3v) is 3.83. The van der Waals surface area contributed by atoms with Gasteiger partial charge in [-0.2, -0.15) is 0 Å². The van der Waals surface area contributed by atoms with Crippen LogP contribution in [0.5, 0.6) is 0 Å². The van der Waals surface area contributed by atoms with E-state index in [-0.39, 0.29) is 29.8 Å². The summed E-state index contributed by atoms with van der Waals surface area (Å²) in [7, 11) is 1.63. The van der Waals surface area contributed by atoms with Crippen molar-refractivity contribution in [2.75, 3.05) is 11.9 Å². The third-order valence-electron chi connectivity index (χ3n) is 3.83. The molecule has 20 heavy (non-hydrogen) atoms. The fourth-order valence-corrected chi connectivity index (χ4v) is 2.64. The Hall–Kier alpha value is -1.82. The first kappa shape index (κ1) is 14.6. The minimum atomic E-state index is -0.390. The van der Waals surface area contributed by atoms with E-state index in [0.717, 1.165) is 25.7 Å². The highest BCUT2D eigenvalue weighted by Gasteiger charge is 2.25. The van der Waals surface area contributed by atoms with Crippen LogP contribution in [0.4, 0.5) is 10.5 Å². The summed E-state index contributed by atoms with van der Waals surface area (Å²) >= 11 is 0. The lowest BCUT2D eigenvalue weighted by Crippen LogP contribution is -2.45. The zero-order valence-corrected chi connectivity index (χ0v) is 11.6. The zero-order chi connectivity index (χ0) is 14.5. The Morgan fingerprint density at radius 3 is 2.95 bits per heavy atom. The Kier molecular flexibility index (Phi) is 4.79. The number of hydrogen-bond donors (Lipinski definition) is 3. The maximum absolute atomic E-state index is 12.0. The van der Waals surface area contributed by atoms with E-state index >= 15 is 0 Å². The fourth-order valence-electron chi connectivity index (χ4n) is 2.64. The summed E-state index contributed by atoms with van der Waals surface area (Å²) in [6.07, 6.45) is 5.56. The Bertz CT molecular complexity index is 527. The number of nitrogens with one attached hydrogen (secondary N) is 2. The highest BCUT2D eigenvalue weighted by Crippen LogP contribution is 2.23. The molecular formula is C14H21N3O3. The van der Waals surface area contributed by atoms with Crippen LogP contribution < -0.4 is 16.2 Å². The maximum atomic E-state index is 12.0. The van der Waals surface area contributed by atoms with Gasteiger partial charge in [-0.15, -0.1) is 0 Å². The maximum Gasteiger partial charge on any atom is 0.319 e. The van der Waals surface area contributed by atoms with Gasteiger partial charge in [0, 0.05) is 31.8 Å². The molecule has 0 bridgehead atoms. The SMILES string of the molecule is Cn1cccc(NC(=O)NC2CCCCC2CO)c1=O. The second kappa shape index (κ2) is 6.56. The van der Waals surface area contributed by atoms with E-state index in [1.165, 1.54) is 4.57 Å². The number of anilines is 1. The number of urea groups is 1. The van der Waals surface area contributed by atoms with Crippen molar-refractivity contribution in [3.05, 3.63) is 28.7 Å². The van der Waals surface area contributed by atoms with Crippen LogP contribution in [-0.4, -0.2) is 28.4 Å². The molecule has 1 aromatic rings. The van der Waals surface area contributed by atoms with Gasteiger partial charge in [0.1, 0.15) is 5.69 Å². The van der Waals surface area contributed by atoms with Gasteiger partial charge < -0.3 is 20.3 Å². The van der Waals surface area contributed by atoms with Gasteiger partial charge in [0.25, 0.3) is 5.56 Å². The molecule has 110 valence electrons. The highest BCUT2D eigenvalue weighted by atomic mass is 16.3. The van der Waals surface area contributed by atoms with E-state index in [4.69, 9.17) is 0 Å². The van der Waals surface area contributed by atoms with Crippen LogP contribution in [0.2, 0.25) is 0 Å². The smallest absolute Gasteiger partial charge is 0.319 e. The largest absolute Gasteiger partial charge is 0.396 e. The quantitative estimate of drug-likeness (QED) is 0.773. The predicted molar refractivity (Wildman–Crippen MR) is 76.7 cm³/mol. The number of aliphatic hydroxyl groups is 1. The lowest BCUT2D eigenvalue weighted by atomic mass is 9.85. The molecule has 3 N–H and O–H groups in total. The van der Waals surface area contributed by atoms with Crippen molar-refractivity contribution in [1.82, 2.24) is 9.88 Å². The van der Waals surface area contributed by atoms with E-state index in [1.807, 2.05) is 0 Å². The van der Waals surface area contributed by atoms with Crippen LogP contribution in [0.25, 0.3) is 0 Å². The third kappa shape index (κ3) is 3.39. The van der Waals surface area contributed by atoms with Gasteiger partial charge in [0.05, 0.1) is 0 Å². The second-order valence-electron chi connectivity index (χ2n) is 5.27. The number of carbonyl (C=O) groups is 1. The summed E-state index contributed by atoms with van der Waals surface area (Å²) < 4.78 is 1.41. The molecule has 2 amide bonds. The van der Waals surface area contributed by atoms with Crippen LogP contribution >= 0.6 is 0 Å². The number of aryl methyl sites for hydroxylation is 1. The topological polar surface area (TPSA) is 83.4 Å². The van der Waals surface area contributed by atoms with E-state index < -0.39 is 6.03 Å². The molecule has 2 atom stereocenters. The molecule has 1 saturated carbocycles. The van der Waals surface area contributed by atoms with Gasteiger partial charge in [-0.1, -0.05) is 12.8 Å². The molecule has 0 radical (unpaired) electrons. The summed E-state index contributed by atoms with van der Waals surface area (Å²) in [6, 6.07) is 2.86. The Morgan fingerprint density at radius 1 is 1.45 bits per heavy atom. The van der Waals surface area contributed by atoms with E-state index in [1.54, 1.807) is 25.4 Å². The van der Waals surface area contributed by atoms with Gasteiger partial charge >= 0.3 is 6.03 Å². The predicted octanol–water partition coefficient (Wildman–Crippen LogP) is 1.06. The Balaban J connectivity index is 1.98. The number of rotatable bonds is 3. The van der Waals surface area contributed by atoms with Gasteiger partial charge in [-0.05, 0) is 25.0 Å². The van der Waals surface area contributed by atoms with Crippen molar-refractivity contribution < 1.29 is 9.90 Å². The van der Waals surface area contributed by atoms with Gasteiger partial charge in [-0.3, -0.25) is 4.79 Å². The Morgan fingerprint density at radius 2 is 2.20 bits per heavy atom. The first-order valence-corrected chi connectivity index (χ1v) is 6.96. The van der Waals surface area contributed by atoms with E-state index in [0.29, 0.717) is 0 Å². The number of hydrogen-bond acceptors (Lipinski definition) is 3. The number of pyridine rings is 1. The summed E-state index contributed by atoms with van der Waals surface area (Å²) in [5.41, 5.74) is 0.00820. The number of nitrogens with zero attached hydrogens (tertiary/aromatic N) is 1. The van der Waals surface area contributed by atoms with Crippen molar-refractivity contribution in [2.45, 2.75) is 31.7 Å². The van der Waals surface area contributed by atoms with Gasteiger partial charge in [0.2, 0.25) is 0 Å². The van der Waals surface area contributed by atoms with Crippen molar-refractivity contribution in [1.29, 1.82) is 0 Å². The molecule has 0 saturated heterocycles. The van der Waals surface area contributed by atoms with Crippen molar-refractivity contribution >= 4 is 11.7 Å². The zero-order valence-electron chi connectivity index (χ0n) is 11.6. The van der Waals surface area contributed by atoms with E-state index in [9.17, 15) is 14.7 Å². The monoisotopic (exact) mass is 279 g/mol. The molecule has 6 nitrogen and oxygen atoms in total. The van der Waals surface area contributed by atoms with Crippen LogP contribution in [0.15, 0.2) is 23.1 Å². The molecule has 1 aliphatic rings. The molecule has 1 aliphatic carbocycles. The van der Waals surface area contributed by atoms with Crippen molar-refractivity contribution in [3.63, 3.8) is 0 Å². The molecule has 0 aliphatic heterocycles. The molecule has 1 heterocycles. The number of aromatic nitrogens is 1. The van der Waals surface area contributed by atoms with Gasteiger partial charge in [-0.25, -0.2) is 4.79 Å². The number of carbonyl (C=O) groups excluding carboxylic acids is 1. The van der Waals surface area contributed by atoms with Gasteiger partial charge in [0.15, 0.2) is 0 Å². The first-order valence-electron chi connectivity index (χ1n) is 6.96. The fraction of sp³-hybridized carbons (Fsp3) is 0.571. The molecule has 2 rings (SSSR count). The lowest BCUT2D eigenvalue weighted by Gasteiger charge is -2.30. The van der Waals surface area contributed by atoms with Crippen LogP contribution in [0.1, 0.15) is 25.7 Å². The van der Waals surface area contributed by atoms with Crippen LogP contribution in [0, 0.1) is 5.92 Å². The first-order chi connectivity index (χ1) is 9.61. The average Bonchev–Trinajstić information content (AvgIpc) is 2.44. The standard InChI is InChI=1S/C14H21N3O3/c1-17-8-4-7-12(13(17)19)16-14(20)15-11-6-3-2-5-10(11)9-18/h4,7-8,10-11,18H,2-3,5-6,9H2,1H3,(H2,15,16,20). The molecular weight excluding hydrogens is 258 g/mol. The number of amides is 2. The average molecular weight is 279 g/mol. The van der Waals surface area contributed by atoms with Crippen LogP contribution in [-0.2, 0) is 7.05 Å². The minimum Gasteiger partial charge on any atom is -0.396 e. The molecule has 6 heteroatoms. The van der Waals surface area contributed by atoms with E-state index in [2.05, 4.69) is 10.6 Å². The summed E-state index contributed by atoms with van der Waals surface area (Å²) in [6.45, 7) is 0.0814.